The van der Waals surface area contributed by atoms with Crippen molar-refractivity contribution in [1.29, 1.82) is 0 Å². The Hall–Kier alpha value is -1.39. The zero-order valence-electron chi connectivity index (χ0n) is 8.95. The first-order chi connectivity index (χ1) is 6.95. The molecule has 1 atom stereocenters. The molecule has 0 bridgehead atoms. The first-order valence-corrected chi connectivity index (χ1v) is 4.76. The number of carbonyl (C=O) groups is 1. The number of nitrogens with one attached hydrogen (secondary N) is 1. The van der Waals surface area contributed by atoms with Crippen LogP contribution in [0.3, 0.4) is 0 Å². The Morgan fingerprint density at radius 2 is 2.00 bits per heavy atom. The standard InChI is InChI=1S/C11H16N2O2/c1-8(14)13-10-5-3-9(4-6-10)11(2,15)7-12/h3-6,15H,7,12H2,1-2H3,(H,13,14). The number of hydrogen-bond acceptors (Lipinski definition) is 3. The second-order valence-electron chi connectivity index (χ2n) is 3.74. The number of aliphatic hydroxyl groups is 1. The Labute approximate surface area is 89.1 Å². The van der Waals surface area contributed by atoms with E-state index in [0.29, 0.717) is 5.69 Å². The summed E-state index contributed by atoms with van der Waals surface area (Å²) in [5.74, 6) is -0.117. The van der Waals surface area contributed by atoms with Gasteiger partial charge in [0.15, 0.2) is 0 Å². The van der Waals surface area contributed by atoms with Gasteiger partial charge in [-0.1, -0.05) is 12.1 Å². The summed E-state index contributed by atoms with van der Waals surface area (Å²) in [5.41, 5.74) is 5.86. The van der Waals surface area contributed by atoms with Crippen molar-refractivity contribution in [3.63, 3.8) is 0 Å². The van der Waals surface area contributed by atoms with Crippen molar-refractivity contribution in [1.82, 2.24) is 0 Å². The largest absolute Gasteiger partial charge is 0.384 e. The van der Waals surface area contributed by atoms with Crippen molar-refractivity contribution in [2.24, 2.45) is 5.73 Å². The van der Waals surface area contributed by atoms with E-state index in [4.69, 9.17) is 5.73 Å². The molecule has 0 heterocycles. The summed E-state index contributed by atoms with van der Waals surface area (Å²) in [4.78, 5) is 10.8. The molecule has 1 rings (SSSR count). The van der Waals surface area contributed by atoms with Crippen LogP contribution in [-0.4, -0.2) is 17.6 Å². The Bertz CT molecular complexity index is 344. The highest BCUT2D eigenvalue weighted by molar-refractivity contribution is 5.88. The zero-order valence-corrected chi connectivity index (χ0v) is 8.95. The zero-order chi connectivity index (χ0) is 11.5. The molecule has 0 aliphatic heterocycles. The fraction of sp³-hybridized carbons (Fsp3) is 0.364. The molecule has 82 valence electrons. The molecule has 1 aromatic carbocycles. The number of hydrogen-bond donors (Lipinski definition) is 3. The molecule has 0 aliphatic rings. The van der Waals surface area contributed by atoms with Crippen LogP contribution in [0, 0.1) is 0 Å². The van der Waals surface area contributed by atoms with E-state index < -0.39 is 5.60 Å². The van der Waals surface area contributed by atoms with Crippen LogP contribution >= 0.6 is 0 Å². The summed E-state index contributed by atoms with van der Waals surface area (Å²) in [5, 5.41) is 12.5. The van der Waals surface area contributed by atoms with Crippen molar-refractivity contribution < 1.29 is 9.90 Å². The van der Waals surface area contributed by atoms with E-state index in [1.807, 2.05) is 0 Å². The molecule has 0 aliphatic carbocycles. The fourth-order valence-corrected chi connectivity index (χ4v) is 1.23. The molecule has 1 unspecified atom stereocenters. The van der Waals surface area contributed by atoms with Crippen LogP contribution in [0.25, 0.3) is 0 Å². The molecule has 0 saturated heterocycles. The van der Waals surface area contributed by atoms with Gasteiger partial charge in [0, 0.05) is 19.2 Å². The minimum absolute atomic E-state index is 0.117. The number of carbonyl (C=O) groups excluding carboxylic acids is 1. The molecule has 1 aromatic rings. The van der Waals surface area contributed by atoms with Crippen LogP contribution in [0.4, 0.5) is 5.69 Å². The smallest absolute Gasteiger partial charge is 0.221 e. The highest BCUT2D eigenvalue weighted by Gasteiger charge is 2.20. The summed E-state index contributed by atoms with van der Waals surface area (Å²) >= 11 is 0. The van der Waals surface area contributed by atoms with Gasteiger partial charge in [0.2, 0.25) is 5.91 Å². The number of anilines is 1. The molecule has 1 amide bonds. The van der Waals surface area contributed by atoms with Gasteiger partial charge in [-0.2, -0.15) is 0 Å². The van der Waals surface area contributed by atoms with E-state index in [0.717, 1.165) is 5.56 Å². The number of nitrogens with two attached hydrogens (primary N) is 1. The third-order valence-corrected chi connectivity index (χ3v) is 2.22. The second kappa shape index (κ2) is 4.42. The lowest BCUT2D eigenvalue weighted by molar-refractivity contribution is -0.114. The van der Waals surface area contributed by atoms with Gasteiger partial charge in [-0.3, -0.25) is 4.79 Å². The Morgan fingerprint density at radius 1 is 1.47 bits per heavy atom. The van der Waals surface area contributed by atoms with Crippen LogP contribution < -0.4 is 11.1 Å². The lowest BCUT2D eigenvalue weighted by atomic mass is 9.96. The Morgan fingerprint density at radius 3 is 2.40 bits per heavy atom. The third-order valence-electron chi connectivity index (χ3n) is 2.22. The average Bonchev–Trinajstić information content (AvgIpc) is 2.18. The Balaban J connectivity index is 2.85. The van der Waals surface area contributed by atoms with Gasteiger partial charge < -0.3 is 16.2 Å². The normalized spacial score (nSPS) is 14.4. The van der Waals surface area contributed by atoms with Crippen LogP contribution in [0.1, 0.15) is 19.4 Å². The van der Waals surface area contributed by atoms with Gasteiger partial charge in [-0.05, 0) is 24.6 Å². The van der Waals surface area contributed by atoms with Crippen molar-refractivity contribution in [3.8, 4) is 0 Å². The summed E-state index contributed by atoms with van der Waals surface area (Å²) in [7, 11) is 0. The van der Waals surface area contributed by atoms with E-state index in [9.17, 15) is 9.90 Å². The fourth-order valence-electron chi connectivity index (χ4n) is 1.23. The number of amides is 1. The SMILES string of the molecule is CC(=O)Nc1ccc(C(C)(O)CN)cc1. The molecule has 0 aromatic heterocycles. The molecule has 0 spiro atoms. The van der Waals surface area contributed by atoms with Gasteiger partial charge in [-0.25, -0.2) is 0 Å². The van der Waals surface area contributed by atoms with E-state index in [1.54, 1.807) is 31.2 Å². The van der Waals surface area contributed by atoms with Crippen LogP contribution in [0.5, 0.6) is 0 Å². The summed E-state index contributed by atoms with van der Waals surface area (Å²) in [6.45, 7) is 3.26. The maximum absolute atomic E-state index is 10.8. The number of rotatable bonds is 3. The lowest BCUT2D eigenvalue weighted by Crippen LogP contribution is -2.31. The summed E-state index contributed by atoms with van der Waals surface area (Å²) < 4.78 is 0. The van der Waals surface area contributed by atoms with Gasteiger partial charge in [-0.15, -0.1) is 0 Å². The topological polar surface area (TPSA) is 75.3 Å². The minimum atomic E-state index is -1.02. The molecular weight excluding hydrogens is 192 g/mol. The first-order valence-electron chi connectivity index (χ1n) is 4.76. The van der Waals surface area contributed by atoms with Crippen LogP contribution in [-0.2, 0) is 10.4 Å². The molecule has 0 fully saturated rings. The van der Waals surface area contributed by atoms with Crippen molar-refractivity contribution in [2.75, 3.05) is 11.9 Å². The highest BCUT2D eigenvalue weighted by Crippen LogP contribution is 2.20. The second-order valence-corrected chi connectivity index (χ2v) is 3.74. The van der Waals surface area contributed by atoms with Gasteiger partial charge in [0.25, 0.3) is 0 Å². The predicted octanol–water partition coefficient (Wildman–Crippen LogP) is 0.811. The lowest BCUT2D eigenvalue weighted by Gasteiger charge is -2.21. The van der Waals surface area contributed by atoms with E-state index >= 15 is 0 Å². The van der Waals surface area contributed by atoms with Crippen molar-refractivity contribution in [3.05, 3.63) is 29.8 Å². The van der Waals surface area contributed by atoms with Crippen LogP contribution in [0.15, 0.2) is 24.3 Å². The molecule has 15 heavy (non-hydrogen) atoms. The monoisotopic (exact) mass is 208 g/mol. The van der Waals surface area contributed by atoms with Gasteiger partial charge >= 0.3 is 0 Å². The molecule has 4 nitrogen and oxygen atoms in total. The Kier molecular flexibility index (Phi) is 3.44. The van der Waals surface area contributed by atoms with Gasteiger partial charge in [0.05, 0.1) is 5.60 Å². The maximum Gasteiger partial charge on any atom is 0.221 e. The summed E-state index contributed by atoms with van der Waals surface area (Å²) in [6.07, 6.45) is 0. The van der Waals surface area contributed by atoms with Crippen LogP contribution in [0.2, 0.25) is 0 Å². The first kappa shape index (κ1) is 11.7. The molecular formula is C11H16N2O2. The molecule has 4 N–H and O–H groups in total. The summed E-state index contributed by atoms with van der Waals surface area (Å²) in [6, 6.07) is 6.97. The van der Waals surface area contributed by atoms with E-state index in [-0.39, 0.29) is 12.5 Å². The molecule has 4 heteroatoms. The maximum atomic E-state index is 10.8. The van der Waals surface area contributed by atoms with Crippen molar-refractivity contribution >= 4 is 11.6 Å². The molecule has 0 radical (unpaired) electrons. The van der Waals surface area contributed by atoms with Crippen molar-refractivity contribution in [2.45, 2.75) is 19.4 Å². The van der Waals surface area contributed by atoms with E-state index in [2.05, 4.69) is 5.32 Å². The quantitative estimate of drug-likeness (QED) is 0.688. The molecule has 0 saturated carbocycles. The highest BCUT2D eigenvalue weighted by atomic mass is 16.3. The third kappa shape index (κ3) is 3.04. The van der Waals surface area contributed by atoms with E-state index in [1.165, 1.54) is 6.92 Å². The number of benzene rings is 1. The predicted molar refractivity (Wildman–Crippen MR) is 59.4 cm³/mol. The average molecular weight is 208 g/mol. The minimum Gasteiger partial charge on any atom is -0.384 e. The van der Waals surface area contributed by atoms with Gasteiger partial charge in [0.1, 0.15) is 0 Å².